The number of piperidine rings is 1. The fourth-order valence-electron chi connectivity index (χ4n) is 3.87. The number of pyridine rings is 1. The summed E-state index contributed by atoms with van der Waals surface area (Å²) in [6.45, 7) is 3.23. The Morgan fingerprint density at radius 1 is 1.15 bits per heavy atom. The SMILES string of the molecule is Cc1ccc(C(=O)N2CCCC(C(=O)NCc3cccnc3Oc3cccc(F)c3)C2)cc1. The van der Waals surface area contributed by atoms with Crippen molar-refractivity contribution in [1.29, 1.82) is 0 Å². The van der Waals surface area contributed by atoms with E-state index in [1.807, 2.05) is 31.2 Å². The fourth-order valence-corrected chi connectivity index (χ4v) is 3.87. The van der Waals surface area contributed by atoms with Crippen molar-refractivity contribution >= 4 is 11.8 Å². The largest absolute Gasteiger partial charge is 0.439 e. The highest BCUT2D eigenvalue weighted by Gasteiger charge is 2.29. The molecule has 1 aliphatic heterocycles. The minimum absolute atomic E-state index is 0.0504. The maximum atomic E-state index is 13.5. The molecule has 1 N–H and O–H groups in total. The summed E-state index contributed by atoms with van der Waals surface area (Å²) >= 11 is 0. The first-order valence-electron chi connectivity index (χ1n) is 11.0. The fraction of sp³-hybridized carbons (Fsp3) is 0.269. The van der Waals surface area contributed by atoms with Crippen molar-refractivity contribution in [1.82, 2.24) is 15.2 Å². The third kappa shape index (κ3) is 5.74. The maximum Gasteiger partial charge on any atom is 0.253 e. The van der Waals surface area contributed by atoms with Crippen molar-refractivity contribution in [2.24, 2.45) is 5.92 Å². The van der Waals surface area contributed by atoms with Crippen LogP contribution in [-0.4, -0.2) is 34.8 Å². The zero-order valence-corrected chi connectivity index (χ0v) is 18.5. The molecule has 33 heavy (non-hydrogen) atoms. The van der Waals surface area contributed by atoms with E-state index in [0.717, 1.165) is 18.4 Å². The second kappa shape index (κ2) is 10.3. The van der Waals surface area contributed by atoms with Gasteiger partial charge in [0.2, 0.25) is 11.8 Å². The van der Waals surface area contributed by atoms with Crippen LogP contribution in [0.1, 0.15) is 34.3 Å². The highest BCUT2D eigenvalue weighted by atomic mass is 19.1. The number of rotatable bonds is 6. The van der Waals surface area contributed by atoms with E-state index in [0.29, 0.717) is 35.8 Å². The smallest absolute Gasteiger partial charge is 0.253 e. The van der Waals surface area contributed by atoms with Gasteiger partial charge in [-0.05, 0) is 50.1 Å². The maximum absolute atomic E-state index is 13.5. The van der Waals surface area contributed by atoms with Gasteiger partial charge < -0.3 is 15.0 Å². The van der Waals surface area contributed by atoms with E-state index >= 15 is 0 Å². The highest BCUT2D eigenvalue weighted by molar-refractivity contribution is 5.94. The summed E-state index contributed by atoms with van der Waals surface area (Å²) in [6, 6.07) is 16.8. The zero-order valence-electron chi connectivity index (χ0n) is 18.5. The Hall–Kier alpha value is -3.74. The number of nitrogens with one attached hydrogen (secondary N) is 1. The molecule has 0 saturated carbocycles. The van der Waals surface area contributed by atoms with Gasteiger partial charge in [-0.1, -0.05) is 29.8 Å². The Morgan fingerprint density at radius 2 is 1.97 bits per heavy atom. The standard InChI is InChI=1S/C26H26FN3O3/c1-18-9-11-19(12-10-18)26(32)30-14-4-6-21(17-30)24(31)29-16-20-5-3-13-28-25(20)33-23-8-2-7-22(27)15-23/h2-3,5,7-13,15,21H,4,6,14,16-17H2,1H3,(H,29,31). The molecule has 6 nitrogen and oxygen atoms in total. The molecule has 3 aromatic rings. The number of nitrogens with zero attached hydrogens (tertiary/aromatic N) is 2. The lowest BCUT2D eigenvalue weighted by Crippen LogP contribution is -2.45. The van der Waals surface area contributed by atoms with Crippen LogP contribution in [-0.2, 0) is 11.3 Å². The average molecular weight is 448 g/mol. The molecule has 1 aliphatic rings. The van der Waals surface area contributed by atoms with E-state index in [-0.39, 0.29) is 24.3 Å². The van der Waals surface area contributed by atoms with Crippen LogP contribution in [0.15, 0.2) is 66.9 Å². The summed E-state index contributed by atoms with van der Waals surface area (Å²) in [7, 11) is 0. The number of benzene rings is 2. The normalized spacial score (nSPS) is 15.7. The molecule has 1 atom stereocenters. The molecule has 2 heterocycles. The lowest BCUT2D eigenvalue weighted by molar-refractivity contribution is -0.126. The molecule has 0 radical (unpaired) electrons. The Kier molecular flexibility index (Phi) is 6.98. The lowest BCUT2D eigenvalue weighted by atomic mass is 9.96. The number of hydrogen-bond donors (Lipinski definition) is 1. The zero-order chi connectivity index (χ0) is 23.2. The molecule has 7 heteroatoms. The van der Waals surface area contributed by atoms with Gasteiger partial charge in [0.1, 0.15) is 11.6 Å². The van der Waals surface area contributed by atoms with Gasteiger partial charge in [0, 0.05) is 43.0 Å². The van der Waals surface area contributed by atoms with E-state index in [1.54, 1.807) is 35.4 Å². The van der Waals surface area contributed by atoms with Crippen LogP contribution in [0.4, 0.5) is 4.39 Å². The van der Waals surface area contributed by atoms with Crippen LogP contribution < -0.4 is 10.1 Å². The Bertz CT molecular complexity index is 1130. The average Bonchev–Trinajstić information content (AvgIpc) is 2.83. The van der Waals surface area contributed by atoms with E-state index in [4.69, 9.17) is 4.74 Å². The summed E-state index contributed by atoms with van der Waals surface area (Å²) in [4.78, 5) is 31.7. The van der Waals surface area contributed by atoms with Crippen molar-refractivity contribution in [3.05, 3.63) is 89.4 Å². The number of halogens is 1. The number of aryl methyl sites for hydroxylation is 1. The molecule has 0 bridgehead atoms. The number of carbonyl (C=O) groups is 2. The van der Waals surface area contributed by atoms with Crippen LogP contribution in [0.25, 0.3) is 0 Å². The minimum Gasteiger partial charge on any atom is -0.439 e. The van der Waals surface area contributed by atoms with Gasteiger partial charge in [-0.3, -0.25) is 9.59 Å². The van der Waals surface area contributed by atoms with Crippen molar-refractivity contribution in [2.75, 3.05) is 13.1 Å². The van der Waals surface area contributed by atoms with Crippen molar-refractivity contribution in [2.45, 2.75) is 26.3 Å². The Labute approximate surface area is 192 Å². The summed E-state index contributed by atoms with van der Waals surface area (Å²) in [6.07, 6.45) is 3.08. The van der Waals surface area contributed by atoms with Crippen LogP contribution >= 0.6 is 0 Å². The van der Waals surface area contributed by atoms with Crippen molar-refractivity contribution in [3.63, 3.8) is 0 Å². The Morgan fingerprint density at radius 3 is 2.76 bits per heavy atom. The Balaban J connectivity index is 1.37. The number of ether oxygens (including phenoxy) is 1. The van der Waals surface area contributed by atoms with Gasteiger partial charge in [-0.2, -0.15) is 0 Å². The molecule has 0 aliphatic carbocycles. The first kappa shape index (κ1) is 22.5. The number of carbonyl (C=O) groups excluding carboxylic acids is 2. The lowest BCUT2D eigenvalue weighted by Gasteiger charge is -2.32. The molecule has 0 spiro atoms. The molecule has 2 amide bonds. The number of likely N-dealkylation sites (tertiary alicyclic amines) is 1. The summed E-state index contributed by atoms with van der Waals surface area (Å²) in [5, 5.41) is 2.94. The number of hydrogen-bond acceptors (Lipinski definition) is 4. The highest BCUT2D eigenvalue weighted by Crippen LogP contribution is 2.24. The third-order valence-corrected chi connectivity index (χ3v) is 5.69. The predicted octanol–water partition coefficient (Wildman–Crippen LogP) is 4.49. The topological polar surface area (TPSA) is 71.5 Å². The van der Waals surface area contributed by atoms with Gasteiger partial charge in [0.15, 0.2) is 0 Å². The van der Waals surface area contributed by atoms with Crippen LogP contribution in [0.5, 0.6) is 11.6 Å². The van der Waals surface area contributed by atoms with Crippen molar-refractivity contribution in [3.8, 4) is 11.6 Å². The minimum atomic E-state index is -0.402. The molecule has 4 rings (SSSR count). The number of aromatic nitrogens is 1. The van der Waals surface area contributed by atoms with Crippen LogP contribution in [0, 0.1) is 18.7 Å². The predicted molar refractivity (Wildman–Crippen MR) is 122 cm³/mol. The van der Waals surface area contributed by atoms with Gasteiger partial charge in [-0.15, -0.1) is 0 Å². The summed E-state index contributed by atoms with van der Waals surface area (Å²) < 4.78 is 19.2. The van der Waals surface area contributed by atoms with Gasteiger partial charge in [0.25, 0.3) is 5.91 Å². The molecule has 2 aromatic carbocycles. The van der Waals surface area contributed by atoms with Gasteiger partial charge in [0.05, 0.1) is 5.92 Å². The summed E-state index contributed by atoms with van der Waals surface area (Å²) in [5.41, 5.74) is 2.41. The molecule has 1 saturated heterocycles. The molecular weight excluding hydrogens is 421 g/mol. The molecular formula is C26H26FN3O3. The van der Waals surface area contributed by atoms with E-state index < -0.39 is 5.82 Å². The molecule has 1 unspecified atom stereocenters. The molecule has 1 fully saturated rings. The van der Waals surface area contributed by atoms with Gasteiger partial charge >= 0.3 is 0 Å². The number of amides is 2. The second-order valence-corrected chi connectivity index (χ2v) is 8.20. The first-order chi connectivity index (χ1) is 16.0. The monoisotopic (exact) mass is 447 g/mol. The van der Waals surface area contributed by atoms with Crippen LogP contribution in [0.2, 0.25) is 0 Å². The van der Waals surface area contributed by atoms with E-state index in [9.17, 15) is 14.0 Å². The second-order valence-electron chi connectivity index (χ2n) is 8.20. The molecule has 170 valence electrons. The van der Waals surface area contributed by atoms with E-state index in [1.165, 1.54) is 12.1 Å². The summed E-state index contributed by atoms with van der Waals surface area (Å²) in [5.74, 6) is -0.206. The first-order valence-corrected chi connectivity index (χ1v) is 11.0. The molecule has 1 aromatic heterocycles. The van der Waals surface area contributed by atoms with E-state index in [2.05, 4.69) is 10.3 Å². The quantitative estimate of drug-likeness (QED) is 0.604. The van der Waals surface area contributed by atoms with Gasteiger partial charge in [-0.25, -0.2) is 9.37 Å². The van der Waals surface area contributed by atoms with Crippen molar-refractivity contribution < 1.29 is 18.7 Å². The third-order valence-electron chi connectivity index (χ3n) is 5.69. The van der Waals surface area contributed by atoms with Crippen LogP contribution in [0.3, 0.4) is 0 Å².